The first-order chi connectivity index (χ1) is 10.6. The number of carbonyl (C=O) groups excluding carboxylic acids is 1. The van der Waals surface area contributed by atoms with Gasteiger partial charge in [0.1, 0.15) is 24.6 Å². The molecule has 1 heterocycles. The van der Waals surface area contributed by atoms with Gasteiger partial charge in [0, 0.05) is 18.3 Å². The van der Waals surface area contributed by atoms with Crippen molar-refractivity contribution in [3.8, 4) is 5.75 Å². The van der Waals surface area contributed by atoms with Crippen molar-refractivity contribution in [3.63, 3.8) is 0 Å². The van der Waals surface area contributed by atoms with Gasteiger partial charge in [-0.3, -0.25) is 4.79 Å². The van der Waals surface area contributed by atoms with E-state index in [4.69, 9.17) is 9.47 Å². The Morgan fingerprint density at radius 3 is 2.91 bits per heavy atom. The molecule has 0 spiro atoms. The Kier molecular flexibility index (Phi) is 4.45. The number of hydrogen-bond donors (Lipinski definition) is 2. The second kappa shape index (κ2) is 6.50. The molecule has 22 heavy (non-hydrogen) atoms. The van der Waals surface area contributed by atoms with Crippen molar-refractivity contribution in [2.45, 2.75) is 31.2 Å². The lowest BCUT2D eigenvalue weighted by Gasteiger charge is -2.15. The van der Waals surface area contributed by atoms with Crippen LogP contribution in [0.15, 0.2) is 42.5 Å². The summed E-state index contributed by atoms with van der Waals surface area (Å²) >= 11 is 0. The third-order valence-electron chi connectivity index (χ3n) is 4.29. The SMILES string of the molecule is O=C1CC2C(CC(O)C2C=CC(O)COc2ccccc2)O1. The van der Waals surface area contributed by atoms with Gasteiger partial charge in [-0.05, 0) is 12.1 Å². The average molecular weight is 304 g/mol. The second-order valence-corrected chi connectivity index (χ2v) is 5.85. The third-order valence-corrected chi connectivity index (χ3v) is 4.29. The topological polar surface area (TPSA) is 76.0 Å². The molecule has 2 N–H and O–H groups in total. The van der Waals surface area contributed by atoms with Crippen molar-refractivity contribution in [1.82, 2.24) is 0 Å². The molecule has 1 saturated heterocycles. The summed E-state index contributed by atoms with van der Waals surface area (Å²) in [6.07, 6.45) is 2.76. The monoisotopic (exact) mass is 304 g/mol. The van der Waals surface area contributed by atoms with E-state index in [-0.39, 0.29) is 30.5 Å². The molecule has 0 amide bonds. The number of rotatable bonds is 5. The van der Waals surface area contributed by atoms with Gasteiger partial charge < -0.3 is 19.7 Å². The van der Waals surface area contributed by atoms with Crippen LogP contribution in [-0.4, -0.2) is 41.1 Å². The lowest BCUT2D eigenvalue weighted by molar-refractivity contribution is -0.141. The zero-order valence-electron chi connectivity index (χ0n) is 12.2. The van der Waals surface area contributed by atoms with Gasteiger partial charge in [-0.15, -0.1) is 0 Å². The van der Waals surface area contributed by atoms with Gasteiger partial charge >= 0.3 is 5.97 Å². The summed E-state index contributed by atoms with van der Waals surface area (Å²) in [5, 5.41) is 20.0. The minimum Gasteiger partial charge on any atom is -0.491 e. The largest absolute Gasteiger partial charge is 0.491 e. The molecular weight excluding hydrogens is 284 g/mol. The summed E-state index contributed by atoms with van der Waals surface area (Å²) in [4.78, 5) is 11.3. The summed E-state index contributed by atoms with van der Waals surface area (Å²) in [6.45, 7) is 0.146. The van der Waals surface area contributed by atoms with Gasteiger partial charge in [0.25, 0.3) is 0 Å². The molecule has 0 bridgehead atoms. The minimum atomic E-state index is -0.760. The molecule has 118 valence electrons. The number of ether oxygens (including phenoxy) is 2. The Bertz CT molecular complexity index is 541. The van der Waals surface area contributed by atoms with Gasteiger partial charge in [-0.1, -0.05) is 30.4 Å². The Balaban J connectivity index is 1.53. The fourth-order valence-electron chi connectivity index (χ4n) is 3.20. The Labute approximate surface area is 129 Å². The highest BCUT2D eigenvalue weighted by molar-refractivity contribution is 5.72. The highest BCUT2D eigenvalue weighted by atomic mass is 16.6. The molecule has 2 aliphatic rings. The van der Waals surface area contributed by atoms with Crippen LogP contribution < -0.4 is 4.74 Å². The summed E-state index contributed by atoms with van der Waals surface area (Å²) in [6, 6.07) is 9.27. The lowest BCUT2D eigenvalue weighted by Crippen LogP contribution is -2.20. The van der Waals surface area contributed by atoms with Gasteiger partial charge in [0.15, 0.2) is 0 Å². The number of esters is 1. The van der Waals surface area contributed by atoms with E-state index in [0.29, 0.717) is 18.6 Å². The van der Waals surface area contributed by atoms with Crippen LogP contribution in [0.3, 0.4) is 0 Å². The van der Waals surface area contributed by atoms with Crippen molar-refractivity contribution < 1.29 is 24.5 Å². The van der Waals surface area contributed by atoms with Gasteiger partial charge in [-0.25, -0.2) is 0 Å². The number of para-hydroxylation sites is 1. The van der Waals surface area contributed by atoms with E-state index in [1.807, 2.05) is 30.3 Å². The van der Waals surface area contributed by atoms with Gasteiger partial charge in [-0.2, -0.15) is 0 Å². The van der Waals surface area contributed by atoms with Crippen LogP contribution in [-0.2, 0) is 9.53 Å². The molecule has 1 aromatic carbocycles. The highest BCUT2D eigenvalue weighted by Crippen LogP contribution is 2.42. The Morgan fingerprint density at radius 2 is 2.14 bits per heavy atom. The predicted molar refractivity (Wildman–Crippen MR) is 79.2 cm³/mol. The molecule has 5 heteroatoms. The molecule has 0 aromatic heterocycles. The first-order valence-corrected chi connectivity index (χ1v) is 7.55. The third kappa shape index (κ3) is 3.31. The van der Waals surface area contributed by atoms with E-state index in [1.165, 1.54) is 0 Å². The highest BCUT2D eigenvalue weighted by Gasteiger charge is 2.48. The second-order valence-electron chi connectivity index (χ2n) is 5.85. The van der Waals surface area contributed by atoms with Crippen LogP contribution in [0.2, 0.25) is 0 Å². The number of carbonyl (C=O) groups is 1. The number of hydrogen-bond acceptors (Lipinski definition) is 5. The summed E-state index contributed by atoms with van der Waals surface area (Å²) in [5.41, 5.74) is 0. The van der Waals surface area contributed by atoms with Crippen LogP contribution in [0, 0.1) is 11.8 Å². The van der Waals surface area contributed by atoms with Crippen molar-refractivity contribution in [2.75, 3.05) is 6.61 Å². The van der Waals surface area contributed by atoms with E-state index in [9.17, 15) is 15.0 Å². The molecule has 0 radical (unpaired) electrons. The van der Waals surface area contributed by atoms with E-state index in [0.717, 1.165) is 0 Å². The Hall–Kier alpha value is -1.85. The zero-order valence-corrected chi connectivity index (χ0v) is 12.2. The number of aliphatic hydroxyl groups excluding tert-OH is 2. The average Bonchev–Trinajstić information content (AvgIpc) is 2.99. The predicted octanol–water partition coefficient (Wildman–Crippen LogP) is 1.30. The lowest BCUT2D eigenvalue weighted by atomic mass is 9.91. The number of aliphatic hydroxyl groups is 2. The van der Waals surface area contributed by atoms with Crippen molar-refractivity contribution in [2.24, 2.45) is 11.8 Å². The molecule has 1 aliphatic heterocycles. The van der Waals surface area contributed by atoms with Gasteiger partial charge in [0.2, 0.25) is 0 Å². The summed E-state index contributed by atoms with van der Waals surface area (Å²) in [7, 11) is 0. The molecule has 1 saturated carbocycles. The van der Waals surface area contributed by atoms with Crippen molar-refractivity contribution in [3.05, 3.63) is 42.5 Å². The summed E-state index contributed by atoms with van der Waals surface area (Å²) < 4.78 is 10.6. The van der Waals surface area contributed by atoms with Crippen LogP contribution in [0.5, 0.6) is 5.75 Å². The number of fused-ring (bicyclic) bond motifs is 1. The molecular formula is C17H20O5. The van der Waals surface area contributed by atoms with Crippen LogP contribution in [0.1, 0.15) is 12.8 Å². The molecule has 1 aromatic rings. The summed E-state index contributed by atoms with van der Waals surface area (Å²) in [5.74, 6) is 0.364. The number of benzene rings is 1. The first-order valence-electron chi connectivity index (χ1n) is 7.55. The molecule has 5 atom stereocenters. The van der Waals surface area contributed by atoms with Gasteiger partial charge in [0.05, 0.1) is 12.5 Å². The molecule has 2 fully saturated rings. The van der Waals surface area contributed by atoms with Crippen LogP contribution in [0.4, 0.5) is 0 Å². The maximum Gasteiger partial charge on any atom is 0.306 e. The van der Waals surface area contributed by atoms with Crippen molar-refractivity contribution in [1.29, 1.82) is 0 Å². The van der Waals surface area contributed by atoms with E-state index in [1.54, 1.807) is 12.2 Å². The minimum absolute atomic E-state index is 0.0148. The normalized spacial score (nSPS) is 32.0. The first kappa shape index (κ1) is 15.1. The van der Waals surface area contributed by atoms with Crippen molar-refractivity contribution >= 4 is 5.97 Å². The standard InChI is InChI=1S/C17H20O5/c18-11(10-21-12-4-2-1-3-5-12)6-7-13-14-8-17(20)22-16(14)9-15(13)19/h1-7,11,13-16,18-19H,8-10H2. The quantitative estimate of drug-likeness (QED) is 0.633. The van der Waals surface area contributed by atoms with Crippen LogP contribution in [0.25, 0.3) is 0 Å². The molecule has 3 rings (SSSR count). The zero-order chi connectivity index (χ0) is 15.5. The Morgan fingerprint density at radius 1 is 1.36 bits per heavy atom. The van der Waals surface area contributed by atoms with Crippen LogP contribution >= 0.6 is 0 Å². The molecule has 5 nitrogen and oxygen atoms in total. The van der Waals surface area contributed by atoms with E-state index >= 15 is 0 Å². The smallest absolute Gasteiger partial charge is 0.306 e. The molecule has 5 unspecified atom stereocenters. The maximum atomic E-state index is 11.3. The van der Waals surface area contributed by atoms with E-state index < -0.39 is 12.2 Å². The van der Waals surface area contributed by atoms with E-state index in [2.05, 4.69) is 0 Å². The fraction of sp³-hybridized carbons (Fsp3) is 0.471. The maximum absolute atomic E-state index is 11.3. The molecule has 1 aliphatic carbocycles. The fourth-order valence-corrected chi connectivity index (χ4v) is 3.20.